The lowest BCUT2D eigenvalue weighted by molar-refractivity contribution is -0.142. The number of carbonyl (C=O) groups is 2. The highest BCUT2D eigenvalue weighted by molar-refractivity contribution is 5.97. The SMILES string of the molecule is O=C(c1ccccc1OCc1ccc(F)cc1)N1CCN(C(=O)[C@@H]2COc3ccccc3O2)CC1. The number of piperazine rings is 1. The maximum atomic E-state index is 13.2. The van der Waals surface area contributed by atoms with Gasteiger partial charge >= 0.3 is 0 Å². The van der Waals surface area contributed by atoms with Crippen LogP contribution in [-0.4, -0.2) is 60.5 Å². The molecule has 1 fully saturated rings. The Bertz CT molecular complexity index is 1210. The van der Waals surface area contributed by atoms with E-state index in [1.165, 1.54) is 12.1 Å². The van der Waals surface area contributed by atoms with Gasteiger partial charge in [0.05, 0.1) is 5.56 Å². The molecular formula is C27H25FN2O5. The van der Waals surface area contributed by atoms with Crippen molar-refractivity contribution >= 4 is 11.8 Å². The van der Waals surface area contributed by atoms with Crippen molar-refractivity contribution in [3.05, 3.63) is 89.7 Å². The van der Waals surface area contributed by atoms with E-state index in [0.29, 0.717) is 49.0 Å². The topological polar surface area (TPSA) is 68.3 Å². The Morgan fingerprint density at radius 3 is 2.29 bits per heavy atom. The standard InChI is InChI=1S/C27H25FN2O5/c28-20-11-9-19(10-12-20)17-33-22-6-2-1-5-21(22)26(31)29-13-15-30(16-14-29)27(32)25-18-34-23-7-3-4-8-24(23)35-25/h1-12,25H,13-18H2/t25-/m0/s1. The van der Waals surface area contributed by atoms with Gasteiger partial charge in [-0.05, 0) is 42.0 Å². The third-order valence-electron chi connectivity index (χ3n) is 6.09. The number of para-hydroxylation sites is 3. The van der Waals surface area contributed by atoms with Gasteiger partial charge < -0.3 is 24.0 Å². The molecule has 0 spiro atoms. The van der Waals surface area contributed by atoms with Crippen molar-refractivity contribution < 1.29 is 28.2 Å². The molecule has 0 aromatic heterocycles. The normalized spacial score (nSPS) is 17.1. The lowest BCUT2D eigenvalue weighted by atomic mass is 10.1. The molecule has 0 unspecified atom stereocenters. The first-order valence-electron chi connectivity index (χ1n) is 11.5. The van der Waals surface area contributed by atoms with Crippen LogP contribution in [0.4, 0.5) is 4.39 Å². The maximum Gasteiger partial charge on any atom is 0.267 e. The first kappa shape index (κ1) is 22.7. The number of hydrogen-bond donors (Lipinski definition) is 0. The van der Waals surface area contributed by atoms with Crippen LogP contribution in [0.3, 0.4) is 0 Å². The summed E-state index contributed by atoms with van der Waals surface area (Å²) in [6.07, 6.45) is -0.701. The number of rotatable bonds is 5. The van der Waals surface area contributed by atoms with Crippen molar-refractivity contribution in [2.24, 2.45) is 0 Å². The van der Waals surface area contributed by atoms with Crippen molar-refractivity contribution in [3.8, 4) is 17.2 Å². The highest BCUT2D eigenvalue weighted by Crippen LogP contribution is 2.31. The summed E-state index contributed by atoms with van der Waals surface area (Å²) < 4.78 is 30.5. The molecule has 1 atom stereocenters. The molecule has 0 saturated carbocycles. The zero-order valence-electron chi connectivity index (χ0n) is 19.1. The Labute approximate surface area is 202 Å². The summed E-state index contributed by atoms with van der Waals surface area (Å²) in [5.41, 5.74) is 1.26. The minimum atomic E-state index is -0.701. The van der Waals surface area contributed by atoms with Crippen molar-refractivity contribution in [2.75, 3.05) is 32.8 Å². The molecule has 1 saturated heterocycles. The maximum absolute atomic E-state index is 13.2. The van der Waals surface area contributed by atoms with Crippen LogP contribution in [0, 0.1) is 5.82 Å². The molecule has 180 valence electrons. The summed E-state index contributed by atoms with van der Waals surface area (Å²) in [5.74, 6) is 1.05. The zero-order chi connectivity index (χ0) is 24.2. The van der Waals surface area contributed by atoms with Crippen LogP contribution in [0.1, 0.15) is 15.9 Å². The number of hydrogen-bond acceptors (Lipinski definition) is 5. The third kappa shape index (κ3) is 5.06. The zero-order valence-corrected chi connectivity index (χ0v) is 19.1. The van der Waals surface area contributed by atoms with Crippen LogP contribution in [0.15, 0.2) is 72.8 Å². The van der Waals surface area contributed by atoms with Crippen LogP contribution in [0.5, 0.6) is 17.2 Å². The van der Waals surface area contributed by atoms with Gasteiger partial charge in [0.2, 0.25) is 6.10 Å². The second-order valence-corrected chi connectivity index (χ2v) is 8.39. The lowest BCUT2D eigenvalue weighted by Crippen LogP contribution is -2.55. The molecule has 7 nitrogen and oxygen atoms in total. The minimum Gasteiger partial charge on any atom is -0.488 e. The molecular weight excluding hydrogens is 451 g/mol. The first-order chi connectivity index (χ1) is 17.1. The van der Waals surface area contributed by atoms with Crippen LogP contribution in [0.2, 0.25) is 0 Å². The fourth-order valence-corrected chi connectivity index (χ4v) is 4.16. The summed E-state index contributed by atoms with van der Waals surface area (Å²) in [6.45, 7) is 2.00. The number of ether oxygens (including phenoxy) is 3. The molecule has 3 aromatic carbocycles. The molecule has 2 aliphatic rings. The smallest absolute Gasteiger partial charge is 0.267 e. The molecule has 2 aliphatic heterocycles. The van der Waals surface area contributed by atoms with E-state index >= 15 is 0 Å². The van der Waals surface area contributed by atoms with Crippen molar-refractivity contribution in [1.82, 2.24) is 9.80 Å². The van der Waals surface area contributed by atoms with Crippen molar-refractivity contribution in [2.45, 2.75) is 12.7 Å². The molecule has 35 heavy (non-hydrogen) atoms. The van der Waals surface area contributed by atoms with Gasteiger partial charge in [0, 0.05) is 26.2 Å². The largest absolute Gasteiger partial charge is 0.488 e. The Morgan fingerprint density at radius 1 is 0.857 bits per heavy atom. The molecule has 0 bridgehead atoms. The number of fused-ring (bicyclic) bond motifs is 1. The number of carbonyl (C=O) groups excluding carboxylic acids is 2. The first-order valence-corrected chi connectivity index (χ1v) is 11.5. The number of amides is 2. The molecule has 8 heteroatoms. The van der Waals surface area contributed by atoms with Gasteiger partial charge in [0.1, 0.15) is 24.8 Å². The van der Waals surface area contributed by atoms with E-state index in [2.05, 4.69) is 0 Å². The van der Waals surface area contributed by atoms with Crippen LogP contribution < -0.4 is 14.2 Å². The summed E-state index contributed by atoms with van der Waals surface area (Å²) >= 11 is 0. The molecule has 0 N–H and O–H groups in total. The summed E-state index contributed by atoms with van der Waals surface area (Å²) in [7, 11) is 0. The van der Waals surface area contributed by atoms with Gasteiger partial charge in [0.25, 0.3) is 11.8 Å². The van der Waals surface area contributed by atoms with E-state index in [0.717, 1.165) is 5.56 Å². The van der Waals surface area contributed by atoms with Gasteiger partial charge in [-0.1, -0.05) is 36.4 Å². The van der Waals surface area contributed by atoms with Crippen molar-refractivity contribution in [3.63, 3.8) is 0 Å². The molecule has 0 radical (unpaired) electrons. The van der Waals surface area contributed by atoms with Crippen LogP contribution in [0.25, 0.3) is 0 Å². The predicted octanol–water partition coefficient (Wildman–Crippen LogP) is 3.53. The average Bonchev–Trinajstić information content (AvgIpc) is 2.92. The Balaban J connectivity index is 1.18. The van der Waals surface area contributed by atoms with Crippen LogP contribution in [-0.2, 0) is 11.4 Å². The number of benzene rings is 3. The van der Waals surface area contributed by atoms with E-state index in [4.69, 9.17) is 14.2 Å². The van der Waals surface area contributed by atoms with E-state index in [-0.39, 0.29) is 30.8 Å². The van der Waals surface area contributed by atoms with Gasteiger partial charge in [-0.2, -0.15) is 0 Å². The third-order valence-corrected chi connectivity index (χ3v) is 6.09. The summed E-state index contributed by atoms with van der Waals surface area (Å²) in [6, 6.07) is 20.4. The van der Waals surface area contributed by atoms with E-state index in [1.54, 1.807) is 52.3 Å². The fraction of sp³-hybridized carbons (Fsp3) is 0.259. The van der Waals surface area contributed by atoms with E-state index < -0.39 is 6.10 Å². The highest BCUT2D eigenvalue weighted by Gasteiger charge is 2.34. The van der Waals surface area contributed by atoms with Gasteiger partial charge in [-0.15, -0.1) is 0 Å². The monoisotopic (exact) mass is 476 g/mol. The second-order valence-electron chi connectivity index (χ2n) is 8.39. The fourth-order valence-electron chi connectivity index (χ4n) is 4.16. The van der Waals surface area contributed by atoms with Gasteiger partial charge in [-0.3, -0.25) is 9.59 Å². The molecule has 3 aromatic rings. The molecule has 5 rings (SSSR count). The summed E-state index contributed by atoms with van der Waals surface area (Å²) in [4.78, 5) is 29.6. The van der Waals surface area contributed by atoms with Crippen LogP contribution >= 0.6 is 0 Å². The molecule has 0 aliphatic carbocycles. The minimum absolute atomic E-state index is 0.144. The Kier molecular flexibility index (Phi) is 6.52. The molecule has 2 amide bonds. The quantitative estimate of drug-likeness (QED) is 0.564. The lowest BCUT2D eigenvalue weighted by Gasteiger charge is -2.37. The predicted molar refractivity (Wildman–Crippen MR) is 126 cm³/mol. The Morgan fingerprint density at radius 2 is 1.51 bits per heavy atom. The Hall–Kier alpha value is -4.07. The summed E-state index contributed by atoms with van der Waals surface area (Å²) in [5, 5.41) is 0. The second kappa shape index (κ2) is 10.0. The van der Waals surface area contributed by atoms with Crippen molar-refractivity contribution in [1.29, 1.82) is 0 Å². The molecule has 2 heterocycles. The highest BCUT2D eigenvalue weighted by atomic mass is 19.1. The van der Waals surface area contributed by atoms with Gasteiger partial charge in [0.15, 0.2) is 11.5 Å². The average molecular weight is 477 g/mol. The van der Waals surface area contributed by atoms with Gasteiger partial charge in [-0.25, -0.2) is 4.39 Å². The van der Waals surface area contributed by atoms with E-state index in [9.17, 15) is 14.0 Å². The van der Waals surface area contributed by atoms with E-state index in [1.807, 2.05) is 18.2 Å². The number of nitrogens with zero attached hydrogens (tertiary/aromatic N) is 2. The number of halogens is 1.